The molecule has 32 heavy (non-hydrogen) atoms. The molecule has 1 N–H and O–H groups in total. The van der Waals surface area contributed by atoms with Crippen molar-refractivity contribution in [1.29, 1.82) is 0 Å². The van der Waals surface area contributed by atoms with Gasteiger partial charge in [-0.25, -0.2) is 5.01 Å². The number of thioether (sulfide) groups is 1. The van der Waals surface area contributed by atoms with Crippen LogP contribution in [0.25, 0.3) is 5.70 Å². The first-order valence-electron chi connectivity index (χ1n) is 11.7. The smallest absolute Gasteiger partial charge is 0.276 e. The van der Waals surface area contributed by atoms with Crippen molar-refractivity contribution in [3.8, 4) is 0 Å². The molecule has 4 atom stereocenters. The van der Waals surface area contributed by atoms with Crippen LogP contribution in [0, 0.1) is 23.2 Å². The number of amides is 1. The number of nitrogens with zero attached hydrogens (tertiary/aromatic N) is 3. The number of rotatable bonds is 3. The lowest BCUT2D eigenvalue weighted by molar-refractivity contribution is -0.116. The van der Waals surface area contributed by atoms with Crippen LogP contribution >= 0.6 is 11.8 Å². The van der Waals surface area contributed by atoms with Gasteiger partial charge in [0.25, 0.3) is 5.91 Å². The summed E-state index contributed by atoms with van der Waals surface area (Å²) in [5.41, 5.74) is 2.56. The molecular formula is C26H32N4OS. The number of amidine groups is 1. The van der Waals surface area contributed by atoms with E-state index in [-0.39, 0.29) is 12.1 Å². The number of carbonyl (C=O) groups is 1. The van der Waals surface area contributed by atoms with E-state index in [9.17, 15) is 4.79 Å². The molecule has 1 aromatic rings. The fourth-order valence-corrected chi connectivity index (χ4v) is 6.51. The van der Waals surface area contributed by atoms with E-state index < -0.39 is 0 Å². The second-order valence-corrected chi connectivity index (χ2v) is 11.2. The number of carbonyl (C=O) groups excluding carboxylic acids is 1. The quantitative estimate of drug-likeness (QED) is 0.716. The Hall–Kier alpha value is -2.34. The van der Waals surface area contributed by atoms with E-state index in [1.165, 1.54) is 24.6 Å². The van der Waals surface area contributed by atoms with E-state index in [1.807, 2.05) is 35.4 Å². The van der Waals surface area contributed by atoms with Crippen LogP contribution in [-0.4, -0.2) is 28.0 Å². The number of hydrogen-bond donors (Lipinski definition) is 1. The van der Waals surface area contributed by atoms with Crippen molar-refractivity contribution in [2.75, 3.05) is 5.75 Å². The van der Waals surface area contributed by atoms with Crippen LogP contribution in [0.5, 0.6) is 0 Å². The second-order valence-electron chi connectivity index (χ2n) is 10.2. The van der Waals surface area contributed by atoms with Crippen LogP contribution in [0.2, 0.25) is 0 Å². The number of allylic oxidation sites excluding steroid dienone is 2. The molecule has 168 valence electrons. The van der Waals surface area contributed by atoms with Gasteiger partial charge in [0.15, 0.2) is 5.17 Å². The van der Waals surface area contributed by atoms with E-state index >= 15 is 0 Å². The zero-order valence-electron chi connectivity index (χ0n) is 19.2. The second kappa shape index (κ2) is 8.22. The fraction of sp³-hybridized carbons (Fsp3) is 0.500. The van der Waals surface area contributed by atoms with Crippen molar-refractivity contribution >= 4 is 28.5 Å². The lowest BCUT2D eigenvalue weighted by Gasteiger charge is -2.49. The largest absolute Gasteiger partial charge is 0.298 e. The van der Waals surface area contributed by atoms with Crippen LogP contribution < -0.4 is 15.9 Å². The molecule has 2 aliphatic heterocycles. The van der Waals surface area contributed by atoms with Crippen LogP contribution in [0.1, 0.15) is 46.5 Å². The lowest BCUT2D eigenvalue weighted by Crippen LogP contribution is -2.56. The Bertz CT molecular complexity index is 1130. The molecule has 0 spiro atoms. The van der Waals surface area contributed by atoms with Crippen molar-refractivity contribution in [3.63, 3.8) is 0 Å². The molecule has 2 heterocycles. The van der Waals surface area contributed by atoms with E-state index in [0.717, 1.165) is 23.4 Å². The van der Waals surface area contributed by atoms with Gasteiger partial charge in [0.1, 0.15) is 11.9 Å². The Kier molecular flexibility index (Phi) is 5.52. The van der Waals surface area contributed by atoms with Crippen molar-refractivity contribution < 1.29 is 4.79 Å². The van der Waals surface area contributed by atoms with Crippen molar-refractivity contribution in [3.05, 3.63) is 59.1 Å². The normalized spacial score (nSPS) is 30.7. The predicted octanol–water partition coefficient (Wildman–Crippen LogP) is 3.78. The van der Waals surface area contributed by atoms with Gasteiger partial charge in [-0.05, 0) is 49.0 Å². The zero-order valence-corrected chi connectivity index (χ0v) is 20.0. The summed E-state index contributed by atoms with van der Waals surface area (Å²) in [5.74, 6) is 1.99. The summed E-state index contributed by atoms with van der Waals surface area (Å²) >= 11 is 1.50. The molecular weight excluding hydrogens is 416 g/mol. The average molecular weight is 449 g/mol. The molecule has 1 aromatic carbocycles. The minimum absolute atomic E-state index is 0.0963. The zero-order chi connectivity index (χ0) is 22.5. The maximum Gasteiger partial charge on any atom is 0.276 e. The standard InChI is InChI=1S/C26H32N4OS/c1-5-13-32-25-28-24(31)22-18-10-6-7-11-21(18)27-23(30(22)29-25)19-15-20-17(14-16(19)2)9-8-12-26(20,3)4/h5-7,9-11,16,19-20,23H,1,8,12-15H2,2-4H3,(H,28,29,31)/t16-,19+,20+,23-/m0/s1. The van der Waals surface area contributed by atoms with Crippen LogP contribution in [-0.2, 0) is 4.79 Å². The first-order valence-corrected chi connectivity index (χ1v) is 12.7. The summed E-state index contributed by atoms with van der Waals surface area (Å²) in [6.45, 7) is 11.0. The first kappa shape index (κ1) is 21.5. The minimum Gasteiger partial charge on any atom is -0.298 e. The first-order chi connectivity index (χ1) is 15.4. The number of hydrogen-bond acceptors (Lipinski definition) is 5. The number of fused-ring (bicyclic) bond motifs is 3. The molecule has 5 rings (SSSR count). The summed E-state index contributed by atoms with van der Waals surface area (Å²) in [5, 5.41) is 12.2. The van der Waals surface area contributed by atoms with Gasteiger partial charge in [0, 0.05) is 16.9 Å². The Balaban J connectivity index is 1.59. The van der Waals surface area contributed by atoms with Gasteiger partial charge in [0.2, 0.25) is 0 Å². The Morgan fingerprint density at radius 1 is 1.34 bits per heavy atom. The van der Waals surface area contributed by atoms with Gasteiger partial charge in [-0.1, -0.05) is 68.5 Å². The Morgan fingerprint density at radius 3 is 2.97 bits per heavy atom. The van der Waals surface area contributed by atoms with E-state index in [2.05, 4.69) is 38.7 Å². The lowest BCUT2D eigenvalue weighted by atomic mass is 9.58. The summed E-state index contributed by atoms with van der Waals surface area (Å²) in [6.07, 6.45) is 8.78. The maximum atomic E-state index is 13.2. The molecule has 0 bridgehead atoms. The van der Waals surface area contributed by atoms with E-state index in [0.29, 0.717) is 39.8 Å². The van der Waals surface area contributed by atoms with Crippen molar-refractivity contribution in [2.24, 2.45) is 33.3 Å². The monoisotopic (exact) mass is 448 g/mol. The van der Waals surface area contributed by atoms with Gasteiger partial charge < -0.3 is 0 Å². The molecule has 0 aromatic heterocycles. The minimum atomic E-state index is -0.167. The molecule has 1 fully saturated rings. The summed E-state index contributed by atoms with van der Waals surface area (Å²) in [4.78, 5) is 18.5. The molecule has 2 aliphatic carbocycles. The number of para-hydroxylation sites is 1. The SMILES string of the molecule is C=CCSC1=NN2C(=c3ccccc3=N[C@@H]2[C@@H]2C[C@@H]3C(=CCCC3(C)C)C[C@@H]2C)C(=O)N1. The highest BCUT2D eigenvalue weighted by Crippen LogP contribution is 2.52. The van der Waals surface area contributed by atoms with Crippen LogP contribution in [0.4, 0.5) is 0 Å². The molecule has 5 nitrogen and oxygen atoms in total. The highest BCUT2D eigenvalue weighted by Gasteiger charge is 2.46. The third kappa shape index (κ3) is 3.62. The van der Waals surface area contributed by atoms with Gasteiger partial charge in [-0.2, -0.15) is 0 Å². The molecule has 1 saturated carbocycles. The summed E-state index contributed by atoms with van der Waals surface area (Å²) in [7, 11) is 0. The molecule has 6 heteroatoms. The number of benzene rings is 1. The highest BCUT2D eigenvalue weighted by atomic mass is 32.2. The molecule has 4 aliphatic rings. The van der Waals surface area contributed by atoms with Gasteiger partial charge >= 0.3 is 0 Å². The molecule has 0 unspecified atom stereocenters. The Labute approximate surface area is 194 Å². The van der Waals surface area contributed by atoms with Crippen molar-refractivity contribution in [1.82, 2.24) is 10.3 Å². The van der Waals surface area contributed by atoms with Gasteiger partial charge in [-0.3, -0.25) is 15.1 Å². The van der Waals surface area contributed by atoms with Crippen LogP contribution in [0.3, 0.4) is 0 Å². The molecule has 0 radical (unpaired) electrons. The van der Waals surface area contributed by atoms with E-state index in [1.54, 1.807) is 5.57 Å². The Morgan fingerprint density at radius 2 is 2.16 bits per heavy atom. The van der Waals surface area contributed by atoms with Gasteiger partial charge in [-0.15, -0.1) is 11.7 Å². The third-order valence-electron chi connectivity index (χ3n) is 7.65. The van der Waals surface area contributed by atoms with E-state index in [4.69, 9.17) is 10.1 Å². The number of nitrogens with one attached hydrogen (secondary N) is 1. The van der Waals surface area contributed by atoms with Crippen LogP contribution in [0.15, 0.2) is 58.7 Å². The topological polar surface area (TPSA) is 57.1 Å². The maximum absolute atomic E-state index is 13.2. The highest BCUT2D eigenvalue weighted by molar-refractivity contribution is 8.14. The molecule has 1 amide bonds. The summed E-state index contributed by atoms with van der Waals surface area (Å²) < 4.78 is 0. The third-order valence-corrected chi connectivity index (χ3v) is 8.51. The van der Waals surface area contributed by atoms with Gasteiger partial charge in [0.05, 0.1) is 5.36 Å². The number of hydrazone groups is 1. The molecule has 0 saturated heterocycles. The fourth-order valence-electron chi connectivity index (χ4n) is 5.92. The van der Waals surface area contributed by atoms with Crippen molar-refractivity contribution in [2.45, 2.75) is 52.6 Å². The predicted molar refractivity (Wildman–Crippen MR) is 131 cm³/mol. The average Bonchev–Trinajstić information content (AvgIpc) is 2.76. The summed E-state index contributed by atoms with van der Waals surface area (Å²) in [6, 6.07) is 7.96.